The molecule has 0 aromatic rings. The molecule has 4 aliphatic carbocycles. The number of hydrogen-bond acceptors (Lipinski definition) is 4. The van der Waals surface area contributed by atoms with Gasteiger partial charge in [-0.25, -0.2) is 0 Å². The minimum Gasteiger partial charge on any atom is -0.451 e. The van der Waals surface area contributed by atoms with Crippen molar-refractivity contribution in [3.8, 4) is 0 Å². The Bertz CT molecular complexity index is 737. The third kappa shape index (κ3) is 2.44. The number of carbonyl (C=O) groups is 3. The molecule has 27 heavy (non-hydrogen) atoms. The van der Waals surface area contributed by atoms with E-state index in [1.54, 1.807) is 6.92 Å². The van der Waals surface area contributed by atoms with Crippen molar-refractivity contribution in [1.29, 1.82) is 0 Å². The van der Waals surface area contributed by atoms with Gasteiger partial charge in [0.25, 0.3) is 0 Å². The molecule has 0 aliphatic heterocycles. The molecule has 0 spiro atoms. The Labute approximate surface area is 162 Å². The highest BCUT2D eigenvalue weighted by Crippen LogP contribution is 2.68. The number of carbonyl (C=O) groups excluding carboxylic acids is 3. The van der Waals surface area contributed by atoms with Crippen LogP contribution in [0.3, 0.4) is 0 Å². The Morgan fingerprint density at radius 1 is 1.00 bits per heavy atom. The van der Waals surface area contributed by atoms with Crippen LogP contribution in [0.5, 0.6) is 0 Å². The lowest BCUT2D eigenvalue weighted by Crippen LogP contribution is -2.58. The van der Waals surface area contributed by atoms with Crippen LogP contribution in [0.25, 0.3) is 0 Å². The van der Waals surface area contributed by atoms with Gasteiger partial charge in [-0.1, -0.05) is 19.4 Å². The quantitative estimate of drug-likeness (QED) is 0.674. The number of hydrogen-bond donors (Lipinski definition) is 0. The Hall–Kier alpha value is -1.45. The number of ether oxygens (including phenoxy) is 1. The van der Waals surface area contributed by atoms with Gasteiger partial charge in [0.15, 0.2) is 17.2 Å². The van der Waals surface area contributed by atoms with Crippen LogP contribution in [0.1, 0.15) is 79.1 Å². The highest BCUT2D eigenvalue weighted by molar-refractivity contribution is 5.91. The van der Waals surface area contributed by atoms with E-state index in [9.17, 15) is 14.4 Å². The molecule has 4 rings (SSSR count). The number of ketones is 2. The number of esters is 1. The summed E-state index contributed by atoms with van der Waals surface area (Å²) in [5, 5.41) is 0. The van der Waals surface area contributed by atoms with Gasteiger partial charge in [-0.15, -0.1) is 0 Å². The predicted molar refractivity (Wildman–Crippen MR) is 102 cm³/mol. The molecule has 6 atom stereocenters. The molecule has 3 saturated carbocycles. The molecule has 0 heterocycles. The molecular formula is C23H32O4. The molecule has 0 bridgehead atoms. The zero-order chi connectivity index (χ0) is 19.6. The number of rotatable bonds is 2. The maximum atomic E-state index is 12.7. The van der Waals surface area contributed by atoms with E-state index in [2.05, 4.69) is 13.8 Å². The van der Waals surface area contributed by atoms with E-state index in [4.69, 9.17) is 4.74 Å². The molecule has 4 nitrogen and oxygen atoms in total. The molecule has 148 valence electrons. The topological polar surface area (TPSA) is 60.4 Å². The van der Waals surface area contributed by atoms with Crippen molar-refractivity contribution in [1.82, 2.24) is 0 Å². The van der Waals surface area contributed by atoms with Gasteiger partial charge in [0.05, 0.1) is 0 Å². The second-order valence-electron chi connectivity index (χ2n) is 9.94. The number of Topliss-reactive ketones (excluding diaryl/α,β-unsaturated/α-hetero) is 1. The highest BCUT2D eigenvalue weighted by atomic mass is 16.6. The van der Waals surface area contributed by atoms with E-state index in [-0.39, 0.29) is 28.4 Å². The third-order valence-electron chi connectivity index (χ3n) is 8.97. The standard InChI is InChI=1S/C23H32O4/c1-14(24)23(27-15(2)25)12-9-20-18-6-5-16-13-17(26)7-10-21(16,3)19(18)8-11-22(20,23)4/h13,18-20H,5-12H2,1-4H3/t18-,19+,20+,21+,22-,23+/m1/s1. The Morgan fingerprint density at radius 3 is 2.37 bits per heavy atom. The summed E-state index contributed by atoms with van der Waals surface area (Å²) in [5.74, 6) is 1.48. The Morgan fingerprint density at radius 2 is 1.70 bits per heavy atom. The minimum atomic E-state index is -0.950. The second kappa shape index (κ2) is 6.02. The molecule has 0 amide bonds. The lowest BCUT2D eigenvalue weighted by Gasteiger charge is -2.59. The molecule has 0 N–H and O–H groups in total. The number of allylic oxidation sites excluding steroid dienone is 1. The molecule has 0 aromatic heterocycles. The van der Waals surface area contributed by atoms with Gasteiger partial charge >= 0.3 is 5.97 Å². The van der Waals surface area contributed by atoms with E-state index < -0.39 is 5.60 Å². The van der Waals surface area contributed by atoms with Gasteiger partial charge in [0, 0.05) is 18.8 Å². The monoisotopic (exact) mass is 372 g/mol. The SMILES string of the molecule is CC(=O)O[C@]1(C(C)=O)CC[C@H]2[C@@H]3CCC4=CC(=O)CC[C@]4(C)[C@H]3CC[C@]21C. The third-order valence-corrected chi connectivity index (χ3v) is 8.97. The first-order chi connectivity index (χ1) is 12.6. The van der Waals surface area contributed by atoms with E-state index in [1.165, 1.54) is 12.5 Å². The van der Waals surface area contributed by atoms with Crippen LogP contribution in [-0.2, 0) is 19.1 Å². The van der Waals surface area contributed by atoms with Crippen molar-refractivity contribution in [2.24, 2.45) is 28.6 Å². The molecule has 0 aromatic carbocycles. The van der Waals surface area contributed by atoms with E-state index in [1.807, 2.05) is 6.08 Å². The van der Waals surface area contributed by atoms with Crippen LogP contribution < -0.4 is 0 Å². The van der Waals surface area contributed by atoms with E-state index >= 15 is 0 Å². The summed E-state index contributed by atoms with van der Waals surface area (Å²) in [5.41, 5.74) is 0.266. The van der Waals surface area contributed by atoms with Gasteiger partial charge in [-0.3, -0.25) is 14.4 Å². The van der Waals surface area contributed by atoms with Gasteiger partial charge < -0.3 is 4.74 Å². The van der Waals surface area contributed by atoms with Gasteiger partial charge in [0.2, 0.25) is 0 Å². The first kappa shape index (κ1) is 18.9. The fraction of sp³-hybridized carbons (Fsp3) is 0.783. The second-order valence-corrected chi connectivity index (χ2v) is 9.94. The molecular weight excluding hydrogens is 340 g/mol. The fourth-order valence-electron chi connectivity index (χ4n) is 7.62. The number of fused-ring (bicyclic) bond motifs is 5. The molecule has 3 fully saturated rings. The fourth-order valence-corrected chi connectivity index (χ4v) is 7.62. The Balaban J connectivity index is 1.70. The predicted octanol–water partition coefficient (Wildman–Crippen LogP) is 4.41. The zero-order valence-electron chi connectivity index (χ0n) is 17.1. The lowest BCUT2D eigenvalue weighted by molar-refractivity contribution is -0.187. The van der Waals surface area contributed by atoms with Crippen molar-refractivity contribution in [2.75, 3.05) is 0 Å². The van der Waals surface area contributed by atoms with Crippen LogP contribution in [0.4, 0.5) is 0 Å². The van der Waals surface area contributed by atoms with E-state index in [0.717, 1.165) is 38.5 Å². The molecule has 4 aliphatic rings. The van der Waals surface area contributed by atoms with Crippen molar-refractivity contribution in [2.45, 2.75) is 84.7 Å². The summed E-state index contributed by atoms with van der Waals surface area (Å²) < 4.78 is 5.81. The van der Waals surface area contributed by atoms with Gasteiger partial charge in [-0.05, 0) is 81.1 Å². The summed E-state index contributed by atoms with van der Waals surface area (Å²) in [6.45, 7) is 7.58. The first-order valence-electron chi connectivity index (χ1n) is 10.6. The normalized spacial score (nSPS) is 46.0. The zero-order valence-corrected chi connectivity index (χ0v) is 17.1. The maximum absolute atomic E-state index is 12.7. The summed E-state index contributed by atoms with van der Waals surface area (Å²) in [6.07, 6.45) is 9.23. The van der Waals surface area contributed by atoms with Crippen LogP contribution >= 0.6 is 0 Å². The maximum Gasteiger partial charge on any atom is 0.303 e. The van der Waals surface area contributed by atoms with Gasteiger partial charge in [0.1, 0.15) is 0 Å². The molecule has 4 heteroatoms. The summed E-state index contributed by atoms with van der Waals surface area (Å²) in [7, 11) is 0. The van der Waals surface area contributed by atoms with Crippen molar-refractivity contribution in [3.63, 3.8) is 0 Å². The van der Waals surface area contributed by atoms with Crippen molar-refractivity contribution >= 4 is 17.5 Å². The summed E-state index contributed by atoms with van der Waals surface area (Å²) in [4.78, 5) is 36.5. The minimum absolute atomic E-state index is 0.00650. The van der Waals surface area contributed by atoms with Crippen molar-refractivity contribution < 1.29 is 19.1 Å². The van der Waals surface area contributed by atoms with Crippen LogP contribution in [0.15, 0.2) is 11.6 Å². The van der Waals surface area contributed by atoms with Crippen molar-refractivity contribution in [3.05, 3.63) is 11.6 Å². The van der Waals surface area contributed by atoms with Crippen LogP contribution in [0, 0.1) is 28.6 Å². The first-order valence-corrected chi connectivity index (χ1v) is 10.6. The molecule has 0 unspecified atom stereocenters. The summed E-state index contributed by atoms with van der Waals surface area (Å²) in [6, 6.07) is 0. The smallest absolute Gasteiger partial charge is 0.303 e. The van der Waals surface area contributed by atoms with E-state index in [0.29, 0.717) is 30.6 Å². The lowest BCUT2D eigenvalue weighted by atomic mass is 9.46. The highest BCUT2D eigenvalue weighted by Gasteiger charge is 2.67. The summed E-state index contributed by atoms with van der Waals surface area (Å²) >= 11 is 0. The average Bonchev–Trinajstić information content (AvgIpc) is 2.89. The van der Waals surface area contributed by atoms with Gasteiger partial charge in [-0.2, -0.15) is 0 Å². The van der Waals surface area contributed by atoms with Crippen LogP contribution in [0.2, 0.25) is 0 Å². The molecule has 0 radical (unpaired) electrons. The largest absolute Gasteiger partial charge is 0.451 e. The Kier molecular flexibility index (Phi) is 4.21. The van der Waals surface area contributed by atoms with Crippen LogP contribution in [-0.4, -0.2) is 23.1 Å². The average molecular weight is 373 g/mol. The molecule has 0 saturated heterocycles.